The third-order valence-corrected chi connectivity index (χ3v) is 8.51. The molecule has 198 valence electrons. The van der Waals surface area contributed by atoms with Crippen molar-refractivity contribution < 1.29 is 0 Å². The summed E-state index contributed by atoms with van der Waals surface area (Å²) in [7, 11) is 0. The van der Waals surface area contributed by atoms with Crippen LogP contribution in [0.3, 0.4) is 0 Å². The quantitative estimate of drug-likeness (QED) is 0.196. The Labute approximate surface area is 252 Å². The zero-order valence-electron chi connectivity index (χ0n) is 22.2. The zero-order chi connectivity index (χ0) is 28.2. The molecule has 0 amide bonds. The molecule has 0 bridgehead atoms. The predicted molar refractivity (Wildman–Crippen MR) is 176 cm³/mol. The summed E-state index contributed by atoms with van der Waals surface area (Å²) >= 11 is 12.9. The molecule has 0 aliphatic carbocycles. The van der Waals surface area contributed by atoms with Crippen molar-refractivity contribution in [2.24, 2.45) is 0 Å². The maximum Gasteiger partial charge on any atom is 0.0723 e. The van der Waals surface area contributed by atoms with E-state index in [1.54, 1.807) is 12.4 Å². The summed E-state index contributed by atoms with van der Waals surface area (Å²) in [6.45, 7) is 0. The Hall–Kier alpha value is -4.83. The Kier molecular flexibility index (Phi) is 5.88. The van der Waals surface area contributed by atoms with Gasteiger partial charge in [0.05, 0.1) is 32.5 Å². The molecule has 0 saturated heterocycles. The van der Waals surface area contributed by atoms with E-state index in [1.165, 1.54) is 21.5 Å². The van der Waals surface area contributed by atoms with E-state index in [0.29, 0.717) is 10.0 Å². The highest BCUT2D eigenvalue weighted by atomic mass is 35.5. The summed E-state index contributed by atoms with van der Waals surface area (Å²) in [4.78, 5) is 14.3. The van der Waals surface area contributed by atoms with Crippen LogP contribution in [0, 0.1) is 0 Å². The van der Waals surface area contributed by atoms with Gasteiger partial charge in [0.25, 0.3) is 0 Å². The monoisotopic (exact) mass is 577 g/mol. The Morgan fingerprint density at radius 2 is 1.00 bits per heavy atom. The molecule has 5 aromatic carbocycles. The van der Waals surface area contributed by atoms with Gasteiger partial charge in [-0.1, -0.05) is 89.9 Å². The number of hydrogen-bond acceptors (Lipinski definition) is 3. The molecule has 5 heteroatoms. The van der Waals surface area contributed by atoms with Crippen LogP contribution in [0.2, 0.25) is 10.0 Å². The number of nitrogens with zero attached hydrogens (tertiary/aromatic N) is 3. The van der Waals surface area contributed by atoms with Crippen molar-refractivity contribution in [3.05, 3.63) is 138 Å². The minimum absolute atomic E-state index is 0.680. The van der Waals surface area contributed by atoms with E-state index < -0.39 is 0 Å². The summed E-state index contributed by atoms with van der Waals surface area (Å²) in [6, 6.07) is 39.7. The molecule has 3 aromatic heterocycles. The van der Waals surface area contributed by atoms with E-state index in [9.17, 15) is 0 Å². The van der Waals surface area contributed by atoms with Gasteiger partial charge in [0, 0.05) is 34.3 Å². The lowest BCUT2D eigenvalue weighted by molar-refractivity contribution is 1.32. The average Bonchev–Trinajstić information content (AvgIpc) is 3.03. The lowest BCUT2D eigenvalue weighted by Crippen LogP contribution is -1.93. The van der Waals surface area contributed by atoms with Crippen molar-refractivity contribution in [3.8, 4) is 33.6 Å². The van der Waals surface area contributed by atoms with Crippen LogP contribution in [0.15, 0.2) is 128 Å². The normalized spacial score (nSPS) is 11.6. The maximum atomic E-state index is 6.45. The predicted octanol–water partition coefficient (Wildman–Crippen LogP) is 10.8. The van der Waals surface area contributed by atoms with Crippen LogP contribution in [0.5, 0.6) is 0 Å². The molecule has 42 heavy (non-hydrogen) atoms. The van der Waals surface area contributed by atoms with Gasteiger partial charge < -0.3 is 0 Å². The van der Waals surface area contributed by atoms with Crippen molar-refractivity contribution in [2.75, 3.05) is 0 Å². The van der Waals surface area contributed by atoms with Crippen LogP contribution in [0.25, 0.3) is 77.0 Å². The van der Waals surface area contributed by atoms with E-state index in [0.717, 1.165) is 55.4 Å². The Morgan fingerprint density at radius 1 is 0.429 bits per heavy atom. The standard InChI is InChI=1S/C37H21Cl2N3/c38-32-12-14-40-36-18-25(8-10-29(32)36)34-20-27(21-35(42-34)26-9-11-30-33(39)13-15-41-37(30)19-26)28-7-3-6-24-16-22-4-1-2-5-23(22)17-31(24)28/h1-21H. The molecule has 3 heterocycles. The minimum Gasteiger partial charge on any atom is -0.256 e. The van der Waals surface area contributed by atoms with Crippen LogP contribution in [0.4, 0.5) is 0 Å². The van der Waals surface area contributed by atoms with Crippen LogP contribution in [0.1, 0.15) is 0 Å². The van der Waals surface area contributed by atoms with Gasteiger partial charge in [-0.3, -0.25) is 9.97 Å². The molecule has 8 aromatic rings. The molecule has 0 aliphatic rings. The lowest BCUT2D eigenvalue weighted by Gasteiger charge is -2.14. The lowest BCUT2D eigenvalue weighted by atomic mass is 9.93. The third-order valence-electron chi connectivity index (χ3n) is 7.85. The highest BCUT2D eigenvalue weighted by Gasteiger charge is 2.14. The number of halogens is 2. The fraction of sp³-hybridized carbons (Fsp3) is 0. The van der Waals surface area contributed by atoms with Crippen molar-refractivity contribution in [3.63, 3.8) is 0 Å². The van der Waals surface area contributed by atoms with Crippen LogP contribution >= 0.6 is 23.2 Å². The molecule has 8 rings (SSSR count). The first-order valence-corrected chi connectivity index (χ1v) is 14.4. The molecule has 0 atom stereocenters. The van der Waals surface area contributed by atoms with Gasteiger partial charge in [0.2, 0.25) is 0 Å². The number of aromatic nitrogens is 3. The highest BCUT2D eigenvalue weighted by Crippen LogP contribution is 2.37. The number of fused-ring (bicyclic) bond motifs is 4. The van der Waals surface area contributed by atoms with Gasteiger partial charge in [0.15, 0.2) is 0 Å². The topological polar surface area (TPSA) is 38.7 Å². The fourth-order valence-electron chi connectivity index (χ4n) is 5.75. The van der Waals surface area contributed by atoms with Crippen LogP contribution in [-0.4, -0.2) is 15.0 Å². The highest BCUT2D eigenvalue weighted by molar-refractivity contribution is 6.35. The third kappa shape index (κ3) is 4.26. The van der Waals surface area contributed by atoms with E-state index in [2.05, 4.69) is 101 Å². The van der Waals surface area contributed by atoms with Gasteiger partial charge in [-0.2, -0.15) is 0 Å². The van der Waals surface area contributed by atoms with Gasteiger partial charge in [-0.15, -0.1) is 0 Å². The van der Waals surface area contributed by atoms with Gasteiger partial charge in [0.1, 0.15) is 0 Å². The number of pyridine rings is 3. The molecule has 0 N–H and O–H groups in total. The van der Waals surface area contributed by atoms with E-state index in [4.69, 9.17) is 28.2 Å². The zero-order valence-corrected chi connectivity index (χ0v) is 23.7. The Morgan fingerprint density at radius 3 is 1.62 bits per heavy atom. The molecule has 0 aliphatic heterocycles. The van der Waals surface area contributed by atoms with E-state index in [1.807, 2.05) is 24.3 Å². The summed E-state index contributed by atoms with van der Waals surface area (Å²) in [5.74, 6) is 0. The van der Waals surface area contributed by atoms with Crippen molar-refractivity contribution in [1.82, 2.24) is 15.0 Å². The second-order valence-electron chi connectivity index (χ2n) is 10.4. The van der Waals surface area contributed by atoms with Gasteiger partial charge >= 0.3 is 0 Å². The second-order valence-corrected chi connectivity index (χ2v) is 11.2. The van der Waals surface area contributed by atoms with E-state index >= 15 is 0 Å². The summed E-state index contributed by atoms with van der Waals surface area (Å²) in [5, 5.41) is 8.01. The molecular formula is C37H21Cl2N3. The van der Waals surface area contributed by atoms with Crippen LogP contribution < -0.4 is 0 Å². The molecule has 0 saturated carbocycles. The first-order chi connectivity index (χ1) is 20.6. The van der Waals surface area contributed by atoms with Crippen molar-refractivity contribution >= 4 is 66.6 Å². The Bertz CT molecular complexity index is 2240. The smallest absolute Gasteiger partial charge is 0.0723 e. The largest absolute Gasteiger partial charge is 0.256 e. The molecule has 0 radical (unpaired) electrons. The fourth-order valence-corrected chi connectivity index (χ4v) is 6.18. The molecular weight excluding hydrogens is 557 g/mol. The first kappa shape index (κ1) is 24.9. The SMILES string of the molecule is Clc1ccnc2cc(-c3cc(-c4cccc5cc6ccccc6cc45)cc(-c4ccc5c(Cl)ccnc5c4)n3)ccc12. The summed E-state index contributed by atoms with van der Waals surface area (Å²) in [5.41, 5.74) is 7.51. The second kappa shape index (κ2) is 9.92. The average molecular weight is 579 g/mol. The number of benzene rings is 5. The summed E-state index contributed by atoms with van der Waals surface area (Å²) < 4.78 is 0. The first-order valence-electron chi connectivity index (χ1n) is 13.6. The maximum absolute atomic E-state index is 6.45. The summed E-state index contributed by atoms with van der Waals surface area (Å²) in [6.07, 6.45) is 3.47. The van der Waals surface area contributed by atoms with Gasteiger partial charge in [-0.25, -0.2) is 4.98 Å². The molecule has 0 fully saturated rings. The minimum atomic E-state index is 0.680. The molecule has 0 spiro atoms. The van der Waals surface area contributed by atoms with E-state index in [-0.39, 0.29) is 0 Å². The van der Waals surface area contributed by atoms with Gasteiger partial charge in [-0.05, 0) is 81.2 Å². The molecule has 0 unspecified atom stereocenters. The van der Waals surface area contributed by atoms with Crippen molar-refractivity contribution in [2.45, 2.75) is 0 Å². The molecule has 3 nitrogen and oxygen atoms in total. The van der Waals surface area contributed by atoms with Crippen molar-refractivity contribution in [1.29, 1.82) is 0 Å². The number of hydrogen-bond donors (Lipinski definition) is 0. The number of rotatable bonds is 3. The van der Waals surface area contributed by atoms with Crippen LogP contribution in [-0.2, 0) is 0 Å². The Balaban J connectivity index is 1.38.